The molecule has 1 unspecified atom stereocenters. The quantitative estimate of drug-likeness (QED) is 0.728. The zero-order chi connectivity index (χ0) is 16.2. The third kappa shape index (κ3) is 3.42. The smallest absolute Gasteiger partial charge is 0.414 e. The highest BCUT2D eigenvalue weighted by Crippen LogP contribution is 2.36. The third-order valence-electron chi connectivity index (χ3n) is 4.32. The second kappa shape index (κ2) is 7.18. The highest BCUT2D eigenvalue weighted by Gasteiger charge is 2.31. The Morgan fingerprint density at radius 3 is 2.74 bits per heavy atom. The number of benzene rings is 2. The maximum absolute atomic E-state index is 12.7. The van der Waals surface area contributed by atoms with Crippen molar-refractivity contribution in [2.75, 3.05) is 4.90 Å². The van der Waals surface area contributed by atoms with Crippen molar-refractivity contribution in [2.45, 2.75) is 38.8 Å². The molecule has 0 aliphatic carbocycles. The Balaban J connectivity index is 1.81. The van der Waals surface area contributed by atoms with Crippen molar-refractivity contribution in [3.05, 3.63) is 64.1 Å². The van der Waals surface area contributed by atoms with Gasteiger partial charge in [-0.05, 0) is 42.5 Å². The van der Waals surface area contributed by atoms with Crippen LogP contribution in [0.25, 0.3) is 0 Å². The van der Waals surface area contributed by atoms with Crippen LogP contribution in [-0.2, 0) is 17.8 Å². The van der Waals surface area contributed by atoms with Gasteiger partial charge in [0.1, 0.15) is 6.61 Å². The lowest BCUT2D eigenvalue weighted by molar-refractivity contribution is 0.143. The van der Waals surface area contributed by atoms with E-state index >= 15 is 0 Å². The molecule has 1 aliphatic rings. The van der Waals surface area contributed by atoms with E-state index < -0.39 is 0 Å². The van der Waals surface area contributed by atoms with Gasteiger partial charge in [-0.2, -0.15) is 0 Å². The van der Waals surface area contributed by atoms with E-state index in [1.54, 1.807) is 0 Å². The Labute approximate surface area is 145 Å². The number of carbonyl (C=O) groups excluding carboxylic acids is 1. The summed E-state index contributed by atoms with van der Waals surface area (Å²) < 4.78 is 6.63. The summed E-state index contributed by atoms with van der Waals surface area (Å²) in [6, 6.07) is 16.0. The van der Waals surface area contributed by atoms with E-state index in [2.05, 4.69) is 22.9 Å². The van der Waals surface area contributed by atoms with E-state index in [1.165, 1.54) is 5.56 Å². The molecule has 1 atom stereocenters. The summed E-state index contributed by atoms with van der Waals surface area (Å²) in [5.74, 6) is 0. The molecule has 0 saturated carbocycles. The van der Waals surface area contributed by atoms with Crippen molar-refractivity contribution in [2.24, 2.45) is 0 Å². The molecule has 2 aromatic carbocycles. The number of ether oxygens (including phenoxy) is 1. The first-order chi connectivity index (χ1) is 11.2. The molecule has 0 saturated heterocycles. The molecular weight excluding hydrogens is 354 g/mol. The lowest BCUT2D eigenvalue weighted by Gasteiger charge is -2.36. The summed E-state index contributed by atoms with van der Waals surface area (Å²) >= 11 is 3.60. The van der Waals surface area contributed by atoms with Gasteiger partial charge in [0.2, 0.25) is 0 Å². The van der Waals surface area contributed by atoms with Gasteiger partial charge in [-0.25, -0.2) is 4.79 Å². The predicted molar refractivity (Wildman–Crippen MR) is 95.6 cm³/mol. The van der Waals surface area contributed by atoms with Crippen LogP contribution in [0, 0.1) is 0 Å². The number of fused-ring (bicyclic) bond motifs is 1. The fourth-order valence-electron chi connectivity index (χ4n) is 3.08. The van der Waals surface area contributed by atoms with Crippen LogP contribution in [-0.4, -0.2) is 12.1 Å². The number of carbonyl (C=O) groups is 1. The second-order valence-corrected chi connectivity index (χ2v) is 6.60. The van der Waals surface area contributed by atoms with Crippen molar-refractivity contribution in [3.8, 4) is 0 Å². The number of hydrogen-bond acceptors (Lipinski definition) is 2. The van der Waals surface area contributed by atoms with Crippen LogP contribution in [0.15, 0.2) is 53.0 Å². The average Bonchev–Trinajstić information content (AvgIpc) is 2.60. The van der Waals surface area contributed by atoms with Crippen LogP contribution in [0.5, 0.6) is 0 Å². The van der Waals surface area contributed by atoms with E-state index in [4.69, 9.17) is 4.74 Å². The van der Waals surface area contributed by atoms with Crippen LogP contribution in [0.1, 0.15) is 30.9 Å². The molecule has 0 fully saturated rings. The minimum absolute atomic E-state index is 0.195. The highest BCUT2D eigenvalue weighted by atomic mass is 79.9. The van der Waals surface area contributed by atoms with Gasteiger partial charge in [0, 0.05) is 10.5 Å². The van der Waals surface area contributed by atoms with E-state index in [1.807, 2.05) is 53.4 Å². The van der Waals surface area contributed by atoms with Crippen molar-refractivity contribution in [1.82, 2.24) is 0 Å². The molecule has 1 heterocycles. The third-order valence-corrected chi connectivity index (χ3v) is 5.06. The largest absolute Gasteiger partial charge is 0.444 e. The molecule has 0 radical (unpaired) electrons. The fourth-order valence-corrected chi connectivity index (χ4v) is 3.63. The van der Waals surface area contributed by atoms with Crippen LogP contribution in [0.2, 0.25) is 0 Å². The van der Waals surface area contributed by atoms with Crippen LogP contribution >= 0.6 is 15.9 Å². The topological polar surface area (TPSA) is 29.5 Å². The SMILES string of the molecule is CCC1CCc2c(Br)cccc2N1C(=O)OCc1ccccc1. The van der Waals surface area contributed by atoms with Gasteiger partial charge in [-0.3, -0.25) is 4.90 Å². The lowest BCUT2D eigenvalue weighted by atomic mass is 9.95. The molecule has 0 bridgehead atoms. The summed E-state index contributed by atoms with van der Waals surface area (Å²) in [5, 5.41) is 0. The molecule has 23 heavy (non-hydrogen) atoms. The maximum atomic E-state index is 12.7. The molecule has 2 aromatic rings. The molecule has 1 amide bonds. The first-order valence-corrected chi connectivity index (χ1v) is 8.77. The Bertz CT molecular complexity index is 687. The van der Waals surface area contributed by atoms with Gasteiger partial charge in [0.25, 0.3) is 0 Å². The van der Waals surface area contributed by atoms with Crippen molar-refractivity contribution in [3.63, 3.8) is 0 Å². The molecule has 1 aliphatic heterocycles. The summed E-state index contributed by atoms with van der Waals surface area (Å²) in [7, 11) is 0. The number of hydrogen-bond donors (Lipinski definition) is 0. The summed E-state index contributed by atoms with van der Waals surface area (Å²) in [4.78, 5) is 14.5. The predicted octanol–water partition coefficient (Wildman–Crippen LogP) is 5.32. The Kier molecular flexibility index (Phi) is 5.01. The van der Waals surface area contributed by atoms with Crippen molar-refractivity contribution < 1.29 is 9.53 Å². The standard InChI is InChI=1S/C19H20BrNO2/c1-2-15-11-12-16-17(20)9-6-10-18(16)21(15)19(22)23-13-14-7-4-3-5-8-14/h3-10,15H,2,11-13H2,1H3. The number of halogens is 1. The van der Waals surface area contributed by atoms with Gasteiger partial charge in [0.15, 0.2) is 0 Å². The molecule has 120 valence electrons. The Hall–Kier alpha value is -1.81. The summed E-state index contributed by atoms with van der Waals surface area (Å²) in [6.07, 6.45) is 2.61. The normalized spacial score (nSPS) is 16.8. The number of anilines is 1. The van der Waals surface area contributed by atoms with Crippen molar-refractivity contribution in [1.29, 1.82) is 0 Å². The Morgan fingerprint density at radius 2 is 2.00 bits per heavy atom. The minimum Gasteiger partial charge on any atom is -0.444 e. The Morgan fingerprint density at radius 1 is 1.22 bits per heavy atom. The first-order valence-electron chi connectivity index (χ1n) is 7.98. The zero-order valence-electron chi connectivity index (χ0n) is 13.2. The van der Waals surface area contributed by atoms with E-state index in [-0.39, 0.29) is 12.1 Å². The van der Waals surface area contributed by atoms with Gasteiger partial charge in [-0.15, -0.1) is 0 Å². The van der Waals surface area contributed by atoms with Gasteiger partial charge in [0.05, 0.1) is 5.69 Å². The summed E-state index contributed by atoms with van der Waals surface area (Å²) in [6.45, 7) is 2.42. The molecule has 0 aromatic heterocycles. The second-order valence-electron chi connectivity index (χ2n) is 5.75. The van der Waals surface area contributed by atoms with Gasteiger partial charge in [-0.1, -0.05) is 59.3 Å². The lowest BCUT2D eigenvalue weighted by Crippen LogP contribution is -2.43. The molecule has 3 rings (SSSR count). The first kappa shape index (κ1) is 16.1. The average molecular weight is 374 g/mol. The van der Waals surface area contributed by atoms with E-state index in [0.29, 0.717) is 6.61 Å². The molecular formula is C19H20BrNO2. The number of rotatable bonds is 3. The summed E-state index contributed by atoms with van der Waals surface area (Å²) in [5.41, 5.74) is 3.16. The number of amides is 1. The molecule has 3 nitrogen and oxygen atoms in total. The monoisotopic (exact) mass is 373 g/mol. The van der Waals surface area contributed by atoms with Crippen LogP contribution in [0.4, 0.5) is 10.5 Å². The van der Waals surface area contributed by atoms with Crippen molar-refractivity contribution >= 4 is 27.7 Å². The van der Waals surface area contributed by atoms with Crippen LogP contribution in [0.3, 0.4) is 0 Å². The van der Waals surface area contributed by atoms with Gasteiger partial charge >= 0.3 is 6.09 Å². The zero-order valence-corrected chi connectivity index (χ0v) is 14.8. The van der Waals surface area contributed by atoms with Gasteiger partial charge < -0.3 is 4.74 Å². The number of nitrogens with zero attached hydrogens (tertiary/aromatic N) is 1. The maximum Gasteiger partial charge on any atom is 0.414 e. The molecule has 0 spiro atoms. The molecule has 0 N–H and O–H groups in total. The van der Waals surface area contributed by atoms with E-state index in [0.717, 1.165) is 35.0 Å². The van der Waals surface area contributed by atoms with E-state index in [9.17, 15) is 4.79 Å². The molecule has 4 heteroatoms. The van der Waals surface area contributed by atoms with Crippen LogP contribution < -0.4 is 4.90 Å². The fraction of sp³-hybridized carbons (Fsp3) is 0.316. The minimum atomic E-state index is -0.264. The highest BCUT2D eigenvalue weighted by molar-refractivity contribution is 9.10.